The van der Waals surface area contributed by atoms with Crippen LogP contribution in [0.4, 0.5) is 0 Å². The van der Waals surface area contributed by atoms with Gasteiger partial charge in [-0.2, -0.15) is 0 Å². The molecule has 0 aliphatic heterocycles. The topological polar surface area (TPSA) is 152 Å². The second-order valence-electron chi connectivity index (χ2n) is 6.15. The Labute approximate surface area is 140 Å². The average Bonchev–Trinajstić information content (AvgIpc) is 3.13. The molecule has 25 heavy (non-hydrogen) atoms. The van der Waals surface area contributed by atoms with Crippen molar-refractivity contribution in [2.75, 3.05) is 13.1 Å². The number of isocyanates is 4. The highest BCUT2D eigenvalue weighted by Crippen LogP contribution is 2.67. The lowest BCUT2D eigenvalue weighted by Gasteiger charge is -2.42. The number of rotatable bonds is 6. The maximum atomic E-state index is 12.6. The maximum Gasteiger partial charge on any atom is 0.265 e. The summed E-state index contributed by atoms with van der Waals surface area (Å²) in [6.45, 7) is -0.313. The highest BCUT2D eigenvalue weighted by molar-refractivity contribution is 5.98. The lowest BCUT2D eigenvalue weighted by Crippen LogP contribution is -2.51. The van der Waals surface area contributed by atoms with Gasteiger partial charge in [0, 0.05) is 0 Å². The van der Waals surface area contributed by atoms with Crippen LogP contribution in [0.25, 0.3) is 0 Å². The minimum atomic E-state index is -1.59. The van der Waals surface area contributed by atoms with Crippen LogP contribution in [0, 0.1) is 22.7 Å². The largest absolute Gasteiger partial charge is 0.271 e. The normalized spacial score (nSPS) is 31.7. The third-order valence-electron chi connectivity index (χ3n) is 5.33. The Balaban J connectivity index is 2.59. The second kappa shape index (κ2) is 7.18. The molecule has 0 spiro atoms. The Morgan fingerprint density at radius 3 is 2.08 bits per heavy atom. The zero-order valence-electron chi connectivity index (χ0n) is 12.9. The first-order valence-electron chi connectivity index (χ1n) is 7.33. The standard InChI is InChI=1S/C15H12N4O6/c20-6-16-4-11-3-14(12(24)18-8-22)1-10(11)2-15(14,5-17-7-21)13(25)19-9-23/h10-11H,1-5H2. The van der Waals surface area contributed by atoms with Gasteiger partial charge in [0.25, 0.3) is 11.8 Å². The van der Waals surface area contributed by atoms with Crippen molar-refractivity contribution in [1.29, 1.82) is 0 Å². The molecule has 0 aromatic heterocycles. The molecule has 0 heterocycles. The molecule has 10 heteroatoms. The molecule has 2 saturated carbocycles. The molecule has 2 rings (SSSR count). The lowest BCUT2D eigenvalue weighted by atomic mass is 9.59. The predicted octanol–water partition coefficient (Wildman–Crippen LogP) is -0.215. The second-order valence-corrected chi connectivity index (χ2v) is 6.15. The molecule has 0 radical (unpaired) electrons. The minimum Gasteiger partial charge on any atom is -0.271 e. The molecule has 2 aliphatic rings. The molecule has 2 fully saturated rings. The molecule has 0 aromatic carbocycles. The van der Waals surface area contributed by atoms with Gasteiger partial charge in [0.2, 0.25) is 24.3 Å². The Hall–Kier alpha value is -3.14. The van der Waals surface area contributed by atoms with E-state index in [1.165, 1.54) is 12.2 Å². The van der Waals surface area contributed by atoms with Crippen molar-refractivity contribution in [3.63, 3.8) is 0 Å². The predicted molar refractivity (Wildman–Crippen MR) is 77.9 cm³/mol. The molecule has 0 saturated heterocycles. The third-order valence-corrected chi connectivity index (χ3v) is 5.33. The SMILES string of the molecule is O=C=NCC1CC2(C(=O)N=C=O)CC1CC2(CN=C=O)C(=O)N=C=O. The van der Waals surface area contributed by atoms with Crippen LogP contribution in [-0.2, 0) is 28.8 Å². The summed E-state index contributed by atoms with van der Waals surface area (Å²) in [7, 11) is 0. The maximum absolute atomic E-state index is 12.6. The fourth-order valence-electron chi connectivity index (χ4n) is 4.37. The Morgan fingerprint density at radius 1 is 0.840 bits per heavy atom. The number of hydrogen-bond acceptors (Lipinski definition) is 8. The number of nitrogens with zero attached hydrogens (tertiary/aromatic N) is 4. The van der Waals surface area contributed by atoms with E-state index in [1.807, 2.05) is 0 Å². The van der Waals surface area contributed by atoms with Crippen molar-refractivity contribution in [2.24, 2.45) is 42.6 Å². The fourth-order valence-corrected chi connectivity index (χ4v) is 4.37. The summed E-state index contributed by atoms with van der Waals surface area (Å²) in [6.07, 6.45) is 5.35. The average molecular weight is 344 g/mol. The van der Waals surface area contributed by atoms with E-state index in [4.69, 9.17) is 0 Å². The van der Waals surface area contributed by atoms with Crippen LogP contribution in [0.1, 0.15) is 19.3 Å². The monoisotopic (exact) mass is 344 g/mol. The van der Waals surface area contributed by atoms with Crippen molar-refractivity contribution in [3.05, 3.63) is 0 Å². The number of hydrogen-bond donors (Lipinski definition) is 0. The number of carbonyl (C=O) groups is 2. The summed E-state index contributed by atoms with van der Waals surface area (Å²) in [4.78, 5) is 80.3. The van der Waals surface area contributed by atoms with Gasteiger partial charge in [0.1, 0.15) is 0 Å². The number of aliphatic imine (C=N–C) groups is 4. The highest BCUT2D eigenvalue weighted by atomic mass is 16.2. The van der Waals surface area contributed by atoms with E-state index in [0.717, 1.165) is 12.2 Å². The Kier molecular flexibility index (Phi) is 5.22. The van der Waals surface area contributed by atoms with Gasteiger partial charge in [0.15, 0.2) is 0 Å². The van der Waals surface area contributed by atoms with Gasteiger partial charge in [-0.15, -0.1) is 9.98 Å². The number of fused-ring (bicyclic) bond motifs is 2. The van der Waals surface area contributed by atoms with E-state index in [-0.39, 0.29) is 37.6 Å². The lowest BCUT2D eigenvalue weighted by molar-refractivity contribution is -0.146. The van der Waals surface area contributed by atoms with Gasteiger partial charge < -0.3 is 0 Å². The Bertz CT molecular complexity index is 799. The number of amides is 2. The van der Waals surface area contributed by atoms with Crippen LogP contribution in [0.2, 0.25) is 0 Å². The van der Waals surface area contributed by atoms with E-state index in [0.29, 0.717) is 0 Å². The zero-order chi connectivity index (χ0) is 18.5. The van der Waals surface area contributed by atoms with Gasteiger partial charge in [0.05, 0.1) is 23.9 Å². The van der Waals surface area contributed by atoms with Gasteiger partial charge in [-0.3, -0.25) is 9.59 Å². The molecule has 128 valence electrons. The summed E-state index contributed by atoms with van der Waals surface area (Å²) < 4.78 is 0. The van der Waals surface area contributed by atoms with Gasteiger partial charge in [-0.1, -0.05) is 0 Å². The van der Waals surface area contributed by atoms with Gasteiger partial charge in [-0.05, 0) is 31.1 Å². The fraction of sp³-hybridized carbons (Fsp3) is 0.600. The molecule has 0 N–H and O–H groups in total. The van der Waals surface area contributed by atoms with Crippen molar-refractivity contribution in [1.82, 2.24) is 0 Å². The first kappa shape index (κ1) is 18.2. The molecule has 10 nitrogen and oxygen atoms in total. The molecule has 4 unspecified atom stereocenters. The molecule has 0 aromatic rings. The summed E-state index contributed by atoms with van der Waals surface area (Å²) in [5.74, 6) is -2.28. The van der Waals surface area contributed by atoms with E-state index in [1.54, 1.807) is 0 Å². The van der Waals surface area contributed by atoms with Crippen molar-refractivity contribution < 1.29 is 28.8 Å². The summed E-state index contributed by atoms with van der Waals surface area (Å²) in [6, 6.07) is 0. The van der Waals surface area contributed by atoms with Crippen LogP contribution >= 0.6 is 0 Å². The van der Waals surface area contributed by atoms with Crippen LogP contribution in [-0.4, -0.2) is 49.2 Å². The minimum absolute atomic E-state index is 0.0847. The summed E-state index contributed by atoms with van der Waals surface area (Å²) >= 11 is 0. The van der Waals surface area contributed by atoms with E-state index >= 15 is 0 Å². The van der Waals surface area contributed by atoms with E-state index in [2.05, 4.69) is 20.0 Å². The zero-order valence-corrected chi connectivity index (χ0v) is 12.9. The third kappa shape index (κ3) is 2.76. The van der Waals surface area contributed by atoms with Crippen LogP contribution in [0.5, 0.6) is 0 Å². The molecular weight excluding hydrogens is 332 g/mol. The molecular formula is C15H12N4O6. The summed E-state index contributed by atoms with van der Waals surface area (Å²) in [5, 5.41) is 0. The first-order valence-corrected chi connectivity index (χ1v) is 7.33. The van der Waals surface area contributed by atoms with Gasteiger partial charge in [-0.25, -0.2) is 29.2 Å². The van der Waals surface area contributed by atoms with Crippen LogP contribution in [0.15, 0.2) is 20.0 Å². The van der Waals surface area contributed by atoms with Crippen LogP contribution in [0.3, 0.4) is 0 Å². The first-order chi connectivity index (χ1) is 12.0. The van der Waals surface area contributed by atoms with E-state index < -0.39 is 29.2 Å². The molecule has 2 amide bonds. The number of carbonyl (C=O) groups excluding carboxylic acids is 6. The molecule has 4 atom stereocenters. The highest BCUT2D eigenvalue weighted by Gasteiger charge is 2.71. The van der Waals surface area contributed by atoms with E-state index in [9.17, 15) is 28.8 Å². The molecule has 2 bridgehead atoms. The smallest absolute Gasteiger partial charge is 0.265 e. The van der Waals surface area contributed by atoms with Gasteiger partial charge >= 0.3 is 0 Å². The quantitative estimate of drug-likeness (QED) is 0.480. The molecule has 2 aliphatic carbocycles. The Morgan fingerprint density at radius 2 is 1.48 bits per heavy atom. The summed E-state index contributed by atoms with van der Waals surface area (Å²) in [5.41, 5.74) is -3.07. The van der Waals surface area contributed by atoms with Crippen molar-refractivity contribution in [2.45, 2.75) is 19.3 Å². The van der Waals surface area contributed by atoms with Crippen LogP contribution < -0.4 is 0 Å². The van der Waals surface area contributed by atoms with Crippen molar-refractivity contribution >= 4 is 36.1 Å². The van der Waals surface area contributed by atoms with Crippen molar-refractivity contribution in [3.8, 4) is 0 Å².